The lowest BCUT2D eigenvalue weighted by molar-refractivity contribution is -0.113. The number of amides is 2. The molecule has 0 unspecified atom stereocenters. The third-order valence-electron chi connectivity index (χ3n) is 5.87. The van der Waals surface area contributed by atoms with E-state index in [1.165, 1.54) is 17.3 Å². The van der Waals surface area contributed by atoms with Crippen molar-refractivity contribution in [1.82, 2.24) is 19.8 Å². The van der Waals surface area contributed by atoms with Gasteiger partial charge < -0.3 is 19.9 Å². The minimum atomic E-state index is -0.146. The van der Waals surface area contributed by atoms with Crippen LogP contribution in [0.25, 0.3) is 0 Å². The summed E-state index contributed by atoms with van der Waals surface area (Å²) >= 11 is 1.37. The fraction of sp³-hybridized carbons (Fsp3) is 0.346. The third kappa shape index (κ3) is 7.17. The van der Waals surface area contributed by atoms with Crippen LogP contribution in [0, 0.1) is 6.92 Å². The van der Waals surface area contributed by atoms with Gasteiger partial charge in [-0.1, -0.05) is 41.6 Å². The van der Waals surface area contributed by atoms with Crippen LogP contribution in [-0.2, 0) is 16.6 Å². The first-order valence-electron chi connectivity index (χ1n) is 11.7. The molecule has 184 valence electrons. The molecule has 1 saturated heterocycles. The predicted molar refractivity (Wildman–Crippen MR) is 138 cm³/mol. The number of thioether (sulfide) groups is 1. The summed E-state index contributed by atoms with van der Waals surface area (Å²) in [7, 11) is 1.89. The van der Waals surface area contributed by atoms with Gasteiger partial charge in [0.25, 0.3) is 5.91 Å². The van der Waals surface area contributed by atoms with Crippen molar-refractivity contribution in [2.45, 2.75) is 18.1 Å². The van der Waals surface area contributed by atoms with Gasteiger partial charge >= 0.3 is 0 Å². The topological polar surface area (TPSA) is 88.5 Å². The van der Waals surface area contributed by atoms with Gasteiger partial charge in [-0.05, 0) is 36.8 Å². The Kier molecular flexibility index (Phi) is 8.57. The molecule has 1 fully saturated rings. The van der Waals surface area contributed by atoms with Crippen LogP contribution in [-0.4, -0.2) is 64.9 Å². The number of rotatable bonds is 9. The molecule has 0 aliphatic carbocycles. The molecule has 0 spiro atoms. The Morgan fingerprint density at radius 3 is 2.46 bits per heavy atom. The zero-order valence-corrected chi connectivity index (χ0v) is 20.9. The van der Waals surface area contributed by atoms with Crippen LogP contribution >= 0.6 is 11.8 Å². The lowest BCUT2D eigenvalue weighted by Crippen LogP contribution is -2.43. The number of carbonyl (C=O) groups excluding carboxylic acids is 2. The van der Waals surface area contributed by atoms with Gasteiger partial charge in [-0.2, -0.15) is 0 Å². The number of anilines is 1. The van der Waals surface area contributed by atoms with E-state index in [2.05, 4.69) is 51.7 Å². The van der Waals surface area contributed by atoms with E-state index in [0.717, 1.165) is 30.4 Å². The van der Waals surface area contributed by atoms with Gasteiger partial charge in [0.1, 0.15) is 0 Å². The van der Waals surface area contributed by atoms with Crippen LogP contribution in [0.2, 0.25) is 0 Å². The highest BCUT2D eigenvalue weighted by Crippen LogP contribution is 2.19. The van der Waals surface area contributed by atoms with E-state index < -0.39 is 0 Å². The molecule has 1 aromatic heterocycles. The number of hydrogen-bond acceptors (Lipinski definition) is 6. The van der Waals surface area contributed by atoms with E-state index in [9.17, 15) is 9.59 Å². The Labute approximate surface area is 210 Å². The minimum absolute atomic E-state index is 0.125. The molecule has 2 heterocycles. The second-order valence-electron chi connectivity index (χ2n) is 8.58. The molecule has 0 saturated carbocycles. The molecule has 3 aromatic rings. The van der Waals surface area contributed by atoms with Crippen molar-refractivity contribution in [3.8, 4) is 0 Å². The maximum atomic E-state index is 13.1. The van der Waals surface area contributed by atoms with Crippen molar-refractivity contribution in [2.24, 2.45) is 7.05 Å². The largest absolute Gasteiger partial charge is 0.379 e. The van der Waals surface area contributed by atoms with Crippen molar-refractivity contribution < 1.29 is 14.3 Å². The molecule has 35 heavy (non-hydrogen) atoms. The summed E-state index contributed by atoms with van der Waals surface area (Å²) in [5.41, 5.74) is 3.45. The summed E-state index contributed by atoms with van der Waals surface area (Å²) in [6.07, 6.45) is 3.54. The van der Waals surface area contributed by atoms with Gasteiger partial charge in [-0.25, -0.2) is 4.98 Å². The lowest BCUT2D eigenvalue weighted by atomic mass is 10.0. The molecule has 2 amide bonds. The van der Waals surface area contributed by atoms with E-state index >= 15 is 0 Å². The molecular formula is C26H31N5O3S. The van der Waals surface area contributed by atoms with Crippen LogP contribution in [0.1, 0.15) is 27.5 Å². The summed E-state index contributed by atoms with van der Waals surface area (Å²) in [6.45, 7) is 5.90. The molecule has 9 heteroatoms. The molecule has 1 atom stereocenters. The number of carbonyl (C=O) groups is 2. The summed E-state index contributed by atoms with van der Waals surface area (Å²) in [5, 5.41) is 6.85. The molecule has 1 aliphatic rings. The molecular weight excluding hydrogens is 462 g/mol. The molecule has 1 aliphatic heterocycles. The number of imidazole rings is 1. The Bertz CT molecular complexity index is 1120. The maximum absolute atomic E-state index is 13.1. The molecule has 0 radical (unpaired) electrons. The third-order valence-corrected chi connectivity index (χ3v) is 6.93. The lowest BCUT2D eigenvalue weighted by Gasteiger charge is -2.31. The van der Waals surface area contributed by atoms with Crippen LogP contribution < -0.4 is 10.6 Å². The number of benzene rings is 2. The quantitative estimate of drug-likeness (QED) is 0.445. The number of hydrogen-bond donors (Lipinski definition) is 2. The molecule has 4 rings (SSSR count). The highest BCUT2D eigenvalue weighted by atomic mass is 32.2. The molecule has 2 aromatic carbocycles. The fourth-order valence-electron chi connectivity index (χ4n) is 3.84. The second kappa shape index (κ2) is 12.0. The van der Waals surface area contributed by atoms with Gasteiger partial charge in [-0.3, -0.25) is 14.5 Å². The van der Waals surface area contributed by atoms with Crippen molar-refractivity contribution in [2.75, 3.05) is 43.9 Å². The van der Waals surface area contributed by atoms with Crippen molar-refractivity contribution >= 4 is 29.3 Å². The maximum Gasteiger partial charge on any atom is 0.251 e. The molecule has 8 nitrogen and oxygen atoms in total. The van der Waals surface area contributed by atoms with E-state index in [4.69, 9.17) is 4.74 Å². The number of aryl methyl sites for hydroxylation is 2. The van der Waals surface area contributed by atoms with Gasteiger partial charge in [0.2, 0.25) is 5.91 Å². The first-order chi connectivity index (χ1) is 17.0. The van der Waals surface area contributed by atoms with Crippen molar-refractivity contribution in [1.29, 1.82) is 0 Å². The Morgan fingerprint density at radius 1 is 1.09 bits per heavy atom. The SMILES string of the molecule is Cc1ccc([C@@H](CN2CCOCC2)NC(=O)c2ccc(NC(=O)CSc3nccn3C)cc2)cc1. The molecule has 2 N–H and O–H groups in total. The van der Waals surface area contributed by atoms with E-state index in [0.29, 0.717) is 24.5 Å². The van der Waals surface area contributed by atoms with Crippen LogP contribution in [0.4, 0.5) is 5.69 Å². The smallest absolute Gasteiger partial charge is 0.251 e. The Morgan fingerprint density at radius 2 is 1.80 bits per heavy atom. The number of ether oxygens (including phenoxy) is 1. The second-order valence-corrected chi connectivity index (χ2v) is 9.53. The summed E-state index contributed by atoms with van der Waals surface area (Å²) in [6, 6.07) is 15.1. The highest BCUT2D eigenvalue weighted by molar-refractivity contribution is 7.99. The minimum Gasteiger partial charge on any atom is -0.379 e. The van der Waals surface area contributed by atoms with Gasteiger partial charge in [0.05, 0.1) is 25.0 Å². The number of nitrogens with zero attached hydrogens (tertiary/aromatic N) is 3. The number of aromatic nitrogens is 2. The predicted octanol–water partition coefficient (Wildman–Crippen LogP) is 3.26. The summed E-state index contributed by atoms with van der Waals surface area (Å²) in [5.74, 6) is -0.0143. The number of nitrogens with one attached hydrogen (secondary N) is 2. The zero-order valence-electron chi connectivity index (χ0n) is 20.1. The average Bonchev–Trinajstić information content (AvgIpc) is 3.28. The van der Waals surface area contributed by atoms with Gasteiger partial charge in [0.15, 0.2) is 5.16 Å². The monoisotopic (exact) mass is 493 g/mol. The van der Waals surface area contributed by atoms with Crippen LogP contribution in [0.3, 0.4) is 0 Å². The average molecular weight is 494 g/mol. The first kappa shape index (κ1) is 25.0. The summed E-state index contributed by atoms with van der Waals surface area (Å²) < 4.78 is 7.34. The Balaban J connectivity index is 1.36. The van der Waals surface area contributed by atoms with Crippen LogP contribution in [0.15, 0.2) is 66.1 Å². The molecule has 0 bridgehead atoms. The van der Waals surface area contributed by atoms with Crippen molar-refractivity contribution in [3.63, 3.8) is 0 Å². The number of morpholine rings is 1. The van der Waals surface area contributed by atoms with E-state index in [-0.39, 0.29) is 23.6 Å². The van der Waals surface area contributed by atoms with E-state index in [1.807, 2.05) is 17.8 Å². The normalized spacial score (nSPS) is 14.9. The Hall–Kier alpha value is -3.14. The highest BCUT2D eigenvalue weighted by Gasteiger charge is 2.21. The zero-order chi connectivity index (χ0) is 24.6. The van der Waals surface area contributed by atoms with Gasteiger partial charge in [0, 0.05) is 50.3 Å². The van der Waals surface area contributed by atoms with E-state index in [1.54, 1.807) is 30.5 Å². The van der Waals surface area contributed by atoms with Crippen LogP contribution in [0.5, 0.6) is 0 Å². The first-order valence-corrected chi connectivity index (χ1v) is 12.6. The fourth-order valence-corrected chi connectivity index (χ4v) is 4.57. The standard InChI is InChI=1S/C26H31N5O3S/c1-19-3-5-20(6-4-19)23(17-31-13-15-34-16-14-31)29-25(33)21-7-9-22(10-8-21)28-24(32)18-35-26-27-11-12-30(26)2/h3-12,23H,13-18H2,1-2H3,(H,28,32)(H,29,33)/t23-/m1/s1. The summed E-state index contributed by atoms with van der Waals surface area (Å²) in [4.78, 5) is 31.9. The van der Waals surface area contributed by atoms with Crippen molar-refractivity contribution in [3.05, 3.63) is 77.6 Å². The van der Waals surface area contributed by atoms with Gasteiger partial charge in [-0.15, -0.1) is 0 Å².